The van der Waals surface area contributed by atoms with Crippen molar-refractivity contribution in [1.29, 1.82) is 0 Å². The molecule has 0 saturated heterocycles. The highest BCUT2D eigenvalue weighted by molar-refractivity contribution is 7.80. The fourth-order valence-electron chi connectivity index (χ4n) is 1.34. The smallest absolute Gasteiger partial charge is 0.131 e. The molecule has 0 aliphatic rings. The van der Waals surface area contributed by atoms with Gasteiger partial charge in [0.2, 0.25) is 0 Å². The molecule has 0 fully saturated rings. The molecular weight excluding hydrogens is 232 g/mol. The quantitative estimate of drug-likeness (QED) is 0.810. The highest BCUT2D eigenvalue weighted by Crippen LogP contribution is 2.14. The Kier molecular flexibility index (Phi) is 3.30. The van der Waals surface area contributed by atoms with Crippen molar-refractivity contribution in [3.8, 4) is 0 Å². The van der Waals surface area contributed by atoms with Gasteiger partial charge in [0.15, 0.2) is 0 Å². The summed E-state index contributed by atoms with van der Waals surface area (Å²) in [5.74, 6) is 0.695. The number of anilines is 2. The van der Waals surface area contributed by atoms with E-state index >= 15 is 0 Å². The van der Waals surface area contributed by atoms with Crippen LogP contribution in [0.2, 0.25) is 0 Å². The summed E-state index contributed by atoms with van der Waals surface area (Å²) in [6.45, 7) is 1.94. The minimum absolute atomic E-state index is 0.359. The minimum atomic E-state index is 0.359. The number of nitrogens with one attached hydrogen (secondary N) is 1. The molecule has 17 heavy (non-hydrogen) atoms. The first-order valence-corrected chi connectivity index (χ1v) is 5.51. The van der Waals surface area contributed by atoms with Crippen molar-refractivity contribution in [2.45, 2.75) is 6.92 Å². The predicted octanol–water partition coefficient (Wildman–Crippen LogP) is 2.16. The van der Waals surface area contributed by atoms with E-state index < -0.39 is 0 Å². The second-order valence-corrected chi connectivity index (χ2v) is 4.05. The number of thiocarbonyl (C=S) groups is 1. The predicted molar refractivity (Wildman–Crippen MR) is 72.4 cm³/mol. The van der Waals surface area contributed by atoms with E-state index in [0.717, 1.165) is 16.9 Å². The third-order valence-corrected chi connectivity index (χ3v) is 2.46. The molecule has 0 saturated carbocycles. The highest BCUT2D eigenvalue weighted by atomic mass is 32.1. The summed E-state index contributed by atoms with van der Waals surface area (Å²) in [5.41, 5.74) is 8.20. The zero-order valence-corrected chi connectivity index (χ0v) is 10.2. The lowest BCUT2D eigenvalue weighted by Crippen LogP contribution is -2.09. The summed E-state index contributed by atoms with van der Waals surface area (Å²) in [4.78, 5) is 8.74. The summed E-state index contributed by atoms with van der Waals surface area (Å²) < 4.78 is 0. The number of nitrogens with two attached hydrogens (primary N) is 1. The number of rotatable bonds is 3. The molecular formula is C12H12N4S. The third-order valence-electron chi connectivity index (χ3n) is 2.23. The average molecular weight is 244 g/mol. The lowest BCUT2D eigenvalue weighted by molar-refractivity contribution is 1.19. The molecule has 0 bridgehead atoms. The van der Waals surface area contributed by atoms with Crippen molar-refractivity contribution >= 4 is 28.7 Å². The third kappa shape index (κ3) is 2.98. The Hall–Kier alpha value is -2.01. The van der Waals surface area contributed by atoms with Crippen molar-refractivity contribution in [1.82, 2.24) is 9.97 Å². The van der Waals surface area contributed by atoms with Crippen LogP contribution in [0.15, 0.2) is 36.7 Å². The summed E-state index contributed by atoms with van der Waals surface area (Å²) in [5, 5.41) is 3.14. The Morgan fingerprint density at radius 3 is 2.76 bits per heavy atom. The number of aromatic nitrogens is 2. The molecule has 0 radical (unpaired) electrons. The Bertz CT molecular complexity index is 536. The van der Waals surface area contributed by atoms with Crippen molar-refractivity contribution in [3.05, 3.63) is 47.9 Å². The van der Waals surface area contributed by atoms with Crippen LogP contribution in [0.25, 0.3) is 0 Å². The summed E-state index contributed by atoms with van der Waals surface area (Å²) in [6.07, 6.45) is 3.42. The molecule has 86 valence electrons. The average Bonchev–Trinajstić information content (AvgIpc) is 2.32. The highest BCUT2D eigenvalue weighted by Gasteiger charge is 2.00. The second kappa shape index (κ2) is 4.88. The molecule has 0 aliphatic carbocycles. The number of pyridine rings is 2. The van der Waals surface area contributed by atoms with E-state index in [1.807, 2.05) is 25.1 Å². The van der Waals surface area contributed by atoms with Crippen LogP contribution in [-0.4, -0.2) is 15.0 Å². The Morgan fingerprint density at radius 2 is 2.12 bits per heavy atom. The van der Waals surface area contributed by atoms with Gasteiger partial charge in [0, 0.05) is 17.5 Å². The number of nitrogens with zero attached hydrogens (tertiary/aromatic N) is 2. The van der Waals surface area contributed by atoms with Crippen molar-refractivity contribution in [2.24, 2.45) is 5.73 Å². The zero-order valence-electron chi connectivity index (χ0n) is 9.34. The fourth-order valence-corrected chi connectivity index (χ4v) is 1.47. The van der Waals surface area contributed by atoms with Crippen LogP contribution in [0.3, 0.4) is 0 Å². The molecule has 5 heteroatoms. The first kappa shape index (κ1) is 11.5. The Morgan fingerprint density at radius 1 is 1.29 bits per heavy atom. The van der Waals surface area contributed by atoms with Gasteiger partial charge in [0.25, 0.3) is 0 Å². The van der Waals surface area contributed by atoms with Crippen LogP contribution in [0.4, 0.5) is 11.5 Å². The van der Waals surface area contributed by atoms with Gasteiger partial charge in [-0.3, -0.25) is 4.98 Å². The van der Waals surface area contributed by atoms with Crippen molar-refractivity contribution in [2.75, 3.05) is 5.32 Å². The Balaban J connectivity index is 2.21. The molecule has 0 unspecified atom stereocenters. The molecule has 2 rings (SSSR count). The van der Waals surface area contributed by atoms with E-state index in [0.29, 0.717) is 10.8 Å². The van der Waals surface area contributed by atoms with Gasteiger partial charge in [0.05, 0.1) is 11.9 Å². The molecule has 0 atom stereocenters. The lowest BCUT2D eigenvalue weighted by atomic mass is 10.2. The zero-order chi connectivity index (χ0) is 12.3. The first-order valence-electron chi connectivity index (χ1n) is 5.11. The van der Waals surface area contributed by atoms with E-state index in [2.05, 4.69) is 15.3 Å². The van der Waals surface area contributed by atoms with Crippen LogP contribution < -0.4 is 11.1 Å². The Labute approximate surface area is 105 Å². The van der Waals surface area contributed by atoms with Crippen LogP contribution in [0.1, 0.15) is 11.3 Å². The fraction of sp³-hybridized carbons (Fsp3) is 0.0833. The van der Waals surface area contributed by atoms with Gasteiger partial charge in [-0.15, -0.1) is 0 Å². The molecule has 3 N–H and O–H groups in total. The van der Waals surface area contributed by atoms with Gasteiger partial charge in [-0.1, -0.05) is 12.2 Å². The monoisotopic (exact) mass is 244 g/mol. The van der Waals surface area contributed by atoms with Crippen LogP contribution in [-0.2, 0) is 0 Å². The van der Waals surface area contributed by atoms with Crippen molar-refractivity contribution < 1.29 is 0 Å². The summed E-state index contributed by atoms with van der Waals surface area (Å²) in [7, 11) is 0. The molecule has 0 spiro atoms. The maximum absolute atomic E-state index is 5.56. The van der Waals surface area contributed by atoms with Crippen molar-refractivity contribution in [3.63, 3.8) is 0 Å². The van der Waals surface area contributed by atoms with E-state index in [9.17, 15) is 0 Å². The number of aryl methyl sites for hydroxylation is 1. The maximum atomic E-state index is 5.56. The largest absolute Gasteiger partial charge is 0.389 e. The van der Waals surface area contributed by atoms with Gasteiger partial charge < -0.3 is 11.1 Å². The topological polar surface area (TPSA) is 63.8 Å². The summed E-state index contributed by atoms with van der Waals surface area (Å²) in [6, 6.07) is 7.46. The molecule has 2 aromatic rings. The first-order chi connectivity index (χ1) is 8.15. The SMILES string of the molecule is Cc1ccc(Nc2cc(C(N)=S)ccn2)cn1. The maximum Gasteiger partial charge on any atom is 0.131 e. The van der Waals surface area contributed by atoms with E-state index in [1.165, 1.54) is 0 Å². The van der Waals surface area contributed by atoms with E-state index in [4.69, 9.17) is 18.0 Å². The molecule has 2 heterocycles. The minimum Gasteiger partial charge on any atom is -0.389 e. The van der Waals surface area contributed by atoms with Gasteiger partial charge in [-0.2, -0.15) is 0 Å². The van der Waals surface area contributed by atoms with Crippen LogP contribution in [0, 0.1) is 6.92 Å². The molecule has 2 aromatic heterocycles. The van der Waals surface area contributed by atoms with Gasteiger partial charge >= 0.3 is 0 Å². The second-order valence-electron chi connectivity index (χ2n) is 3.61. The standard InChI is InChI=1S/C12H12N4S/c1-8-2-3-10(7-15-8)16-11-6-9(12(13)17)4-5-14-11/h2-7H,1H3,(H2,13,17)(H,14,16). The van der Waals surface area contributed by atoms with Gasteiger partial charge in [-0.05, 0) is 31.2 Å². The van der Waals surface area contributed by atoms with Gasteiger partial charge in [0.1, 0.15) is 10.8 Å². The normalized spacial score (nSPS) is 9.94. The van der Waals surface area contributed by atoms with E-state index in [1.54, 1.807) is 18.5 Å². The van der Waals surface area contributed by atoms with Gasteiger partial charge in [-0.25, -0.2) is 4.98 Å². The molecule has 0 amide bonds. The number of hydrogen-bond donors (Lipinski definition) is 2. The van der Waals surface area contributed by atoms with E-state index in [-0.39, 0.29) is 0 Å². The van der Waals surface area contributed by atoms with Crippen LogP contribution in [0.5, 0.6) is 0 Å². The van der Waals surface area contributed by atoms with Crippen LogP contribution >= 0.6 is 12.2 Å². The summed E-state index contributed by atoms with van der Waals surface area (Å²) >= 11 is 4.91. The molecule has 4 nitrogen and oxygen atoms in total. The molecule has 0 aliphatic heterocycles. The molecule has 0 aromatic carbocycles. The lowest BCUT2D eigenvalue weighted by Gasteiger charge is -2.06. The number of hydrogen-bond acceptors (Lipinski definition) is 4.